The topological polar surface area (TPSA) is 20.2 Å². The summed E-state index contributed by atoms with van der Waals surface area (Å²) in [5.41, 5.74) is 2.65. The van der Waals surface area contributed by atoms with Gasteiger partial charge in [0.1, 0.15) is 12.8 Å². The number of hydrogen-bond acceptors (Lipinski definition) is 1. The molecule has 1 N–H and O–H groups in total. The quantitative estimate of drug-likeness (QED) is 0.851. The Labute approximate surface area is 85.7 Å². The molecule has 0 spiro atoms. The number of benzene rings is 1. The summed E-state index contributed by atoms with van der Waals surface area (Å²) in [7, 11) is 0. The highest BCUT2D eigenvalue weighted by atomic mass is 79.9. The second-order valence-electron chi connectivity index (χ2n) is 3.08. The maximum absolute atomic E-state index is 12.2. The van der Waals surface area contributed by atoms with Crippen LogP contribution in [0.3, 0.4) is 0 Å². The second-order valence-corrected chi connectivity index (χ2v) is 3.87. The van der Waals surface area contributed by atoms with E-state index in [1.54, 1.807) is 6.07 Å². The van der Waals surface area contributed by atoms with E-state index < -0.39 is 12.8 Å². The molecule has 0 aliphatic heterocycles. The molecule has 1 atom stereocenters. The van der Waals surface area contributed by atoms with Gasteiger partial charge in [0.2, 0.25) is 0 Å². The number of aliphatic hydroxyl groups is 1. The zero-order valence-corrected chi connectivity index (χ0v) is 9.23. The van der Waals surface area contributed by atoms with Crippen molar-refractivity contribution in [1.29, 1.82) is 0 Å². The van der Waals surface area contributed by atoms with Crippen molar-refractivity contribution in [3.8, 4) is 0 Å². The molecule has 0 saturated carbocycles. The summed E-state index contributed by atoms with van der Waals surface area (Å²) in [4.78, 5) is 0. The van der Waals surface area contributed by atoms with Crippen molar-refractivity contribution in [2.45, 2.75) is 20.0 Å². The molecule has 72 valence electrons. The van der Waals surface area contributed by atoms with Gasteiger partial charge in [0.25, 0.3) is 0 Å². The average molecular weight is 247 g/mol. The third-order valence-electron chi connectivity index (χ3n) is 2.13. The maximum atomic E-state index is 12.2. The van der Waals surface area contributed by atoms with Crippen LogP contribution < -0.4 is 0 Å². The zero-order chi connectivity index (χ0) is 10.0. The van der Waals surface area contributed by atoms with Gasteiger partial charge in [-0.15, -0.1) is 0 Å². The van der Waals surface area contributed by atoms with E-state index in [1.807, 2.05) is 19.9 Å². The molecule has 1 aromatic rings. The van der Waals surface area contributed by atoms with Crippen LogP contribution >= 0.6 is 15.9 Å². The second kappa shape index (κ2) is 4.20. The fourth-order valence-electron chi connectivity index (χ4n) is 1.28. The minimum atomic E-state index is -1.00. The highest BCUT2D eigenvalue weighted by molar-refractivity contribution is 9.10. The Morgan fingerprint density at radius 2 is 2.08 bits per heavy atom. The van der Waals surface area contributed by atoms with Gasteiger partial charge in [-0.25, -0.2) is 4.39 Å². The van der Waals surface area contributed by atoms with Gasteiger partial charge in [-0.2, -0.15) is 0 Å². The Morgan fingerprint density at radius 1 is 1.46 bits per heavy atom. The van der Waals surface area contributed by atoms with Gasteiger partial charge >= 0.3 is 0 Å². The van der Waals surface area contributed by atoms with Crippen molar-refractivity contribution in [3.63, 3.8) is 0 Å². The normalized spacial score (nSPS) is 13.0. The summed E-state index contributed by atoms with van der Waals surface area (Å²) >= 11 is 3.39. The lowest BCUT2D eigenvalue weighted by atomic mass is 10.0. The van der Waals surface area contributed by atoms with E-state index in [9.17, 15) is 9.50 Å². The molecule has 3 heteroatoms. The van der Waals surface area contributed by atoms with Crippen molar-refractivity contribution in [2.24, 2.45) is 0 Å². The molecular formula is C10H12BrFO. The molecule has 1 unspecified atom stereocenters. The van der Waals surface area contributed by atoms with Crippen LogP contribution in [-0.2, 0) is 0 Å². The van der Waals surface area contributed by atoms with Crippen LogP contribution in [-0.4, -0.2) is 11.8 Å². The Bertz CT molecular complexity index is 312. The maximum Gasteiger partial charge on any atom is 0.119 e. The number of hydrogen-bond donors (Lipinski definition) is 1. The lowest BCUT2D eigenvalue weighted by molar-refractivity contribution is 0.141. The molecule has 0 radical (unpaired) electrons. The van der Waals surface area contributed by atoms with Crippen molar-refractivity contribution in [3.05, 3.63) is 33.3 Å². The smallest absolute Gasteiger partial charge is 0.119 e. The molecule has 1 nitrogen and oxygen atoms in total. The first-order chi connectivity index (χ1) is 6.07. The van der Waals surface area contributed by atoms with E-state index in [-0.39, 0.29) is 0 Å². The third-order valence-corrected chi connectivity index (χ3v) is 3.35. The first-order valence-corrected chi connectivity index (χ1v) is 4.87. The number of halogens is 2. The first-order valence-electron chi connectivity index (χ1n) is 4.07. The molecule has 0 heterocycles. The van der Waals surface area contributed by atoms with Gasteiger partial charge in [0, 0.05) is 4.47 Å². The third kappa shape index (κ3) is 2.09. The standard InChI is InChI=1S/C10H12BrFO/c1-6-3-4-8(9(13)5-12)7(2)10(6)11/h3-4,9,13H,5H2,1-2H3. The van der Waals surface area contributed by atoms with E-state index in [4.69, 9.17) is 0 Å². The van der Waals surface area contributed by atoms with E-state index in [0.29, 0.717) is 5.56 Å². The van der Waals surface area contributed by atoms with E-state index in [1.165, 1.54) is 0 Å². The van der Waals surface area contributed by atoms with E-state index in [2.05, 4.69) is 15.9 Å². The SMILES string of the molecule is Cc1ccc(C(O)CF)c(C)c1Br. The molecule has 0 fully saturated rings. The summed E-state index contributed by atoms with van der Waals surface area (Å²) in [6.45, 7) is 3.09. The highest BCUT2D eigenvalue weighted by Gasteiger charge is 2.12. The predicted octanol–water partition coefficient (Wildman–Crippen LogP) is 3.07. The van der Waals surface area contributed by atoms with Gasteiger partial charge in [-0.05, 0) is 30.5 Å². The molecule has 1 rings (SSSR count). The number of alkyl halides is 1. The van der Waals surface area contributed by atoms with E-state index >= 15 is 0 Å². The Kier molecular flexibility index (Phi) is 3.45. The fraction of sp³-hybridized carbons (Fsp3) is 0.400. The number of aryl methyl sites for hydroxylation is 1. The van der Waals surface area contributed by atoms with Crippen molar-refractivity contribution in [1.82, 2.24) is 0 Å². The lowest BCUT2D eigenvalue weighted by Crippen LogP contribution is -2.02. The molecule has 1 aromatic carbocycles. The summed E-state index contributed by atoms with van der Waals surface area (Å²) in [6, 6.07) is 3.63. The van der Waals surface area contributed by atoms with Crippen LogP contribution in [0.2, 0.25) is 0 Å². The molecule has 0 aromatic heterocycles. The molecule has 0 amide bonds. The zero-order valence-electron chi connectivity index (χ0n) is 7.64. The van der Waals surface area contributed by atoms with Gasteiger partial charge in [0.15, 0.2) is 0 Å². The van der Waals surface area contributed by atoms with Crippen molar-refractivity contribution in [2.75, 3.05) is 6.67 Å². The molecule has 0 aliphatic rings. The Balaban J connectivity index is 3.18. The first kappa shape index (κ1) is 10.7. The van der Waals surface area contributed by atoms with Gasteiger partial charge in [0.05, 0.1) is 0 Å². The number of aliphatic hydroxyl groups excluding tert-OH is 1. The predicted molar refractivity (Wildman–Crippen MR) is 54.6 cm³/mol. The van der Waals surface area contributed by atoms with Crippen LogP contribution in [0.4, 0.5) is 4.39 Å². The van der Waals surface area contributed by atoms with Crippen LogP contribution in [0.1, 0.15) is 22.8 Å². The van der Waals surface area contributed by atoms with Crippen molar-refractivity contribution < 1.29 is 9.50 Å². The van der Waals surface area contributed by atoms with Crippen LogP contribution in [0, 0.1) is 13.8 Å². The molecule has 13 heavy (non-hydrogen) atoms. The van der Waals surface area contributed by atoms with E-state index in [0.717, 1.165) is 15.6 Å². The Hall–Kier alpha value is -0.410. The van der Waals surface area contributed by atoms with Crippen molar-refractivity contribution >= 4 is 15.9 Å². The number of rotatable bonds is 2. The van der Waals surface area contributed by atoms with Gasteiger partial charge in [-0.3, -0.25) is 0 Å². The summed E-state index contributed by atoms with van der Waals surface area (Å²) in [5.74, 6) is 0. The van der Waals surface area contributed by atoms with Crippen LogP contribution in [0.5, 0.6) is 0 Å². The highest BCUT2D eigenvalue weighted by Crippen LogP contribution is 2.27. The summed E-state index contributed by atoms with van der Waals surface area (Å²) < 4.78 is 13.2. The minimum Gasteiger partial charge on any atom is -0.386 e. The molecule has 0 saturated heterocycles. The monoisotopic (exact) mass is 246 g/mol. The molecule has 0 aliphatic carbocycles. The van der Waals surface area contributed by atoms with Gasteiger partial charge < -0.3 is 5.11 Å². The summed E-state index contributed by atoms with van der Waals surface area (Å²) in [5, 5.41) is 9.33. The molecular weight excluding hydrogens is 235 g/mol. The summed E-state index contributed by atoms with van der Waals surface area (Å²) in [6.07, 6.45) is -1.00. The molecule has 0 bridgehead atoms. The lowest BCUT2D eigenvalue weighted by Gasteiger charge is -2.12. The fourth-order valence-corrected chi connectivity index (χ4v) is 1.64. The van der Waals surface area contributed by atoms with Gasteiger partial charge in [-0.1, -0.05) is 28.1 Å². The minimum absolute atomic E-state index is 0.653. The van der Waals surface area contributed by atoms with Crippen LogP contribution in [0.15, 0.2) is 16.6 Å². The Morgan fingerprint density at radius 3 is 2.62 bits per heavy atom. The largest absolute Gasteiger partial charge is 0.386 e. The average Bonchev–Trinajstić information content (AvgIpc) is 2.13. The van der Waals surface area contributed by atoms with Crippen LogP contribution in [0.25, 0.3) is 0 Å².